The first-order chi connectivity index (χ1) is 27.3. The van der Waals surface area contributed by atoms with Crippen molar-refractivity contribution in [3.63, 3.8) is 0 Å². The molecule has 258 valence electrons. The summed E-state index contributed by atoms with van der Waals surface area (Å²) in [6, 6.07) is 76.9. The number of para-hydroxylation sites is 1. The monoisotopic (exact) mass is 701 g/mol. The van der Waals surface area contributed by atoms with Crippen LogP contribution in [0, 0.1) is 0 Å². The molecule has 1 aromatic heterocycles. The molecule has 0 radical (unpaired) electrons. The molecule has 1 aliphatic carbocycles. The molecule has 2 heteroatoms. The molecule has 2 nitrogen and oxygen atoms in total. The highest BCUT2D eigenvalue weighted by atomic mass is 16.3. The fraction of sp³-hybridized carbons (Fsp3) is 0.0189. The summed E-state index contributed by atoms with van der Waals surface area (Å²) >= 11 is 0. The van der Waals surface area contributed by atoms with Crippen LogP contribution in [0.4, 0.5) is 17.1 Å². The number of benzene rings is 9. The third kappa shape index (κ3) is 4.75. The Morgan fingerprint density at radius 1 is 0.382 bits per heavy atom. The fourth-order valence-electron chi connectivity index (χ4n) is 9.23. The standard InChI is InChI=1S/C53H35NO/c1-3-19-39(20-4-1)53(46-28-11-9-26-44(46)45-27-10-12-29-47(45)53)40-21-13-17-37(34-40)38-18-14-24-42(35-38)54(41-22-5-2-6-23-41)48-30-15-31-49-52(48)51-43-25-8-7-16-36(43)32-33-50(51)55-49/h1-35H. The Kier molecular flexibility index (Phi) is 7.11. The van der Waals surface area contributed by atoms with E-state index in [0.717, 1.165) is 44.6 Å². The van der Waals surface area contributed by atoms with Crippen molar-refractivity contribution in [1.29, 1.82) is 0 Å². The van der Waals surface area contributed by atoms with Gasteiger partial charge in [0.05, 0.1) is 16.5 Å². The van der Waals surface area contributed by atoms with Crippen molar-refractivity contribution in [3.05, 3.63) is 235 Å². The predicted octanol–water partition coefficient (Wildman–Crippen LogP) is 14.2. The maximum atomic E-state index is 6.55. The number of anilines is 3. The van der Waals surface area contributed by atoms with Gasteiger partial charge in [0.15, 0.2) is 0 Å². The van der Waals surface area contributed by atoms with E-state index >= 15 is 0 Å². The largest absolute Gasteiger partial charge is 0.456 e. The molecule has 0 saturated carbocycles. The van der Waals surface area contributed by atoms with E-state index < -0.39 is 5.41 Å². The lowest BCUT2D eigenvalue weighted by Gasteiger charge is -2.34. The summed E-state index contributed by atoms with van der Waals surface area (Å²) in [5, 5.41) is 4.62. The van der Waals surface area contributed by atoms with E-state index in [1.54, 1.807) is 0 Å². The summed E-state index contributed by atoms with van der Waals surface area (Å²) in [6.07, 6.45) is 0. The third-order valence-corrected chi connectivity index (χ3v) is 11.5. The van der Waals surface area contributed by atoms with Gasteiger partial charge in [0.25, 0.3) is 0 Å². The summed E-state index contributed by atoms with van der Waals surface area (Å²) in [7, 11) is 0. The highest BCUT2D eigenvalue weighted by molar-refractivity contribution is 6.23. The molecular formula is C53H35NO. The lowest BCUT2D eigenvalue weighted by atomic mass is 9.67. The van der Waals surface area contributed by atoms with Crippen molar-refractivity contribution in [3.8, 4) is 22.3 Å². The van der Waals surface area contributed by atoms with E-state index in [-0.39, 0.29) is 0 Å². The Labute approximate surface area is 320 Å². The van der Waals surface area contributed by atoms with E-state index in [9.17, 15) is 0 Å². The van der Waals surface area contributed by atoms with Crippen LogP contribution in [0.1, 0.15) is 22.3 Å². The van der Waals surface area contributed by atoms with Crippen LogP contribution in [0.3, 0.4) is 0 Å². The minimum atomic E-state index is -0.459. The van der Waals surface area contributed by atoms with Crippen molar-refractivity contribution < 1.29 is 4.42 Å². The fourth-order valence-corrected chi connectivity index (χ4v) is 9.23. The van der Waals surface area contributed by atoms with Gasteiger partial charge in [-0.05, 0) is 104 Å². The first-order valence-electron chi connectivity index (χ1n) is 18.9. The van der Waals surface area contributed by atoms with E-state index in [1.807, 2.05) is 0 Å². The van der Waals surface area contributed by atoms with E-state index in [4.69, 9.17) is 4.42 Å². The molecule has 0 saturated heterocycles. The summed E-state index contributed by atoms with van der Waals surface area (Å²) in [5.74, 6) is 0. The number of fused-ring (bicyclic) bond motifs is 8. The smallest absolute Gasteiger partial charge is 0.137 e. The average molecular weight is 702 g/mol. The van der Waals surface area contributed by atoms with Crippen LogP contribution < -0.4 is 4.90 Å². The molecule has 10 aromatic rings. The zero-order chi connectivity index (χ0) is 36.3. The van der Waals surface area contributed by atoms with Crippen molar-refractivity contribution >= 4 is 49.8 Å². The molecule has 55 heavy (non-hydrogen) atoms. The molecule has 0 unspecified atom stereocenters. The van der Waals surface area contributed by atoms with E-state index in [2.05, 4.69) is 217 Å². The maximum Gasteiger partial charge on any atom is 0.137 e. The Hall–Kier alpha value is -7.16. The van der Waals surface area contributed by atoms with E-state index in [0.29, 0.717) is 0 Å². The molecule has 9 aromatic carbocycles. The van der Waals surface area contributed by atoms with Crippen LogP contribution in [0.25, 0.3) is 55.0 Å². The molecule has 0 spiro atoms. The summed E-state index contributed by atoms with van der Waals surface area (Å²) in [6.45, 7) is 0. The van der Waals surface area contributed by atoms with E-state index in [1.165, 1.54) is 49.7 Å². The normalized spacial score (nSPS) is 12.9. The highest BCUT2D eigenvalue weighted by Crippen LogP contribution is 2.56. The minimum absolute atomic E-state index is 0.459. The second-order valence-corrected chi connectivity index (χ2v) is 14.4. The quantitative estimate of drug-likeness (QED) is 0.172. The number of nitrogens with zero attached hydrogens (tertiary/aromatic N) is 1. The molecule has 1 heterocycles. The topological polar surface area (TPSA) is 16.4 Å². The van der Waals surface area contributed by atoms with Gasteiger partial charge < -0.3 is 9.32 Å². The number of hydrogen-bond donors (Lipinski definition) is 0. The second-order valence-electron chi connectivity index (χ2n) is 14.4. The summed E-state index contributed by atoms with van der Waals surface area (Å²) in [4.78, 5) is 2.38. The van der Waals surface area contributed by atoms with Gasteiger partial charge >= 0.3 is 0 Å². The molecule has 0 N–H and O–H groups in total. The first-order valence-corrected chi connectivity index (χ1v) is 18.9. The predicted molar refractivity (Wildman–Crippen MR) is 229 cm³/mol. The molecule has 0 amide bonds. The lowest BCUT2D eigenvalue weighted by molar-refractivity contribution is 0.669. The van der Waals surface area contributed by atoms with Gasteiger partial charge in [-0.25, -0.2) is 0 Å². The SMILES string of the molecule is c1ccc(N(c2cccc(-c3cccc(C4(c5ccccc5)c5ccccc5-c5ccccc54)c3)c2)c2cccc3oc4ccc5ccccc5c4c23)cc1. The molecule has 0 bridgehead atoms. The van der Waals surface area contributed by atoms with Crippen molar-refractivity contribution in [1.82, 2.24) is 0 Å². The first kappa shape index (κ1) is 31.4. The van der Waals surface area contributed by atoms with Crippen LogP contribution >= 0.6 is 0 Å². The van der Waals surface area contributed by atoms with Gasteiger partial charge in [0, 0.05) is 16.8 Å². The van der Waals surface area contributed by atoms with Gasteiger partial charge in [-0.2, -0.15) is 0 Å². The molecule has 0 fully saturated rings. The number of hydrogen-bond acceptors (Lipinski definition) is 2. The number of rotatable bonds is 6. The van der Waals surface area contributed by atoms with Crippen molar-refractivity contribution in [2.24, 2.45) is 0 Å². The third-order valence-electron chi connectivity index (χ3n) is 11.5. The van der Waals surface area contributed by atoms with Gasteiger partial charge in [0.1, 0.15) is 11.2 Å². The zero-order valence-electron chi connectivity index (χ0n) is 30.1. The Morgan fingerprint density at radius 2 is 0.964 bits per heavy atom. The van der Waals surface area contributed by atoms with Crippen LogP contribution in [0.2, 0.25) is 0 Å². The highest BCUT2D eigenvalue weighted by Gasteiger charge is 2.45. The van der Waals surface area contributed by atoms with Crippen LogP contribution in [0.5, 0.6) is 0 Å². The van der Waals surface area contributed by atoms with Crippen LogP contribution in [-0.2, 0) is 5.41 Å². The van der Waals surface area contributed by atoms with Gasteiger partial charge in [-0.3, -0.25) is 0 Å². The maximum absolute atomic E-state index is 6.55. The molecular weight excluding hydrogens is 667 g/mol. The number of furan rings is 1. The zero-order valence-corrected chi connectivity index (χ0v) is 30.1. The van der Waals surface area contributed by atoms with Crippen LogP contribution in [0.15, 0.2) is 217 Å². The Balaban J connectivity index is 1.12. The minimum Gasteiger partial charge on any atom is -0.456 e. The van der Waals surface area contributed by atoms with Gasteiger partial charge in [-0.15, -0.1) is 0 Å². The Bertz CT molecular complexity index is 3000. The van der Waals surface area contributed by atoms with Gasteiger partial charge in [-0.1, -0.05) is 164 Å². The average Bonchev–Trinajstić information content (AvgIpc) is 3.80. The second kappa shape index (κ2) is 12.5. The Morgan fingerprint density at radius 3 is 1.75 bits per heavy atom. The molecule has 0 aliphatic heterocycles. The molecule has 11 rings (SSSR count). The lowest BCUT2D eigenvalue weighted by Crippen LogP contribution is -2.28. The molecule has 1 aliphatic rings. The van der Waals surface area contributed by atoms with Crippen LogP contribution in [-0.4, -0.2) is 0 Å². The van der Waals surface area contributed by atoms with Gasteiger partial charge in [0.2, 0.25) is 0 Å². The summed E-state index contributed by atoms with van der Waals surface area (Å²) in [5.41, 5.74) is 14.6. The van der Waals surface area contributed by atoms with Crippen molar-refractivity contribution in [2.75, 3.05) is 4.90 Å². The van der Waals surface area contributed by atoms with Crippen molar-refractivity contribution in [2.45, 2.75) is 5.41 Å². The molecule has 0 atom stereocenters. The summed E-state index contributed by atoms with van der Waals surface area (Å²) < 4.78 is 6.55.